The largest absolute Gasteiger partial charge is 0.265 e. The average Bonchev–Trinajstić information content (AvgIpc) is 2.81. The molecule has 0 aliphatic carbocycles. The van der Waals surface area contributed by atoms with Gasteiger partial charge in [-0.25, -0.2) is 13.4 Å². The monoisotopic (exact) mass is 267 g/mol. The number of rotatable bonds is 4. The zero-order chi connectivity index (χ0) is 12.3. The first-order valence-corrected chi connectivity index (χ1v) is 6.97. The number of thiazole rings is 1. The summed E-state index contributed by atoms with van der Waals surface area (Å²) in [7, 11) is -3.57. The average molecular weight is 267 g/mol. The van der Waals surface area contributed by atoms with Crippen LogP contribution in [0.5, 0.6) is 0 Å². The van der Waals surface area contributed by atoms with Crippen LogP contribution in [0, 0.1) is 0 Å². The summed E-state index contributed by atoms with van der Waals surface area (Å²) in [6.45, 7) is 3.36. The highest BCUT2D eigenvalue weighted by atomic mass is 32.2. The number of nitrogens with one attached hydrogen (secondary N) is 1. The molecule has 0 aliphatic rings. The summed E-state index contributed by atoms with van der Waals surface area (Å²) < 4.78 is 26.2. The van der Waals surface area contributed by atoms with E-state index in [1.165, 1.54) is 29.7 Å². The second-order valence-electron chi connectivity index (χ2n) is 3.09. The summed E-state index contributed by atoms with van der Waals surface area (Å²) in [5, 5.41) is 2.04. The number of nitrogens with zero attached hydrogens (tertiary/aromatic N) is 2. The Balaban J connectivity index is 2.28. The number of aliphatic imine (C=N–C) groups is 1. The molecular weight excluding hydrogens is 258 g/mol. The normalized spacial score (nSPS) is 11.1. The third-order valence-electron chi connectivity index (χ3n) is 1.98. The fourth-order valence-corrected chi connectivity index (χ4v) is 2.97. The van der Waals surface area contributed by atoms with Crippen LogP contribution in [0.4, 0.5) is 10.8 Å². The highest BCUT2D eigenvalue weighted by Crippen LogP contribution is 2.20. The van der Waals surface area contributed by atoms with Gasteiger partial charge in [-0.15, -0.1) is 11.3 Å². The van der Waals surface area contributed by atoms with E-state index < -0.39 is 10.0 Å². The van der Waals surface area contributed by atoms with Crippen LogP contribution in [-0.4, -0.2) is 20.1 Å². The molecule has 1 aromatic carbocycles. The first-order valence-electron chi connectivity index (χ1n) is 4.61. The lowest BCUT2D eigenvalue weighted by Gasteiger charge is -2.04. The number of hydrogen-bond acceptors (Lipinski definition) is 5. The van der Waals surface area contributed by atoms with E-state index in [-0.39, 0.29) is 4.90 Å². The fraction of sp³-hybridized carbons (Fsp3) is 0. The molecule has 2 aromatic rings. The summed E-state index contributed by atoms with van der Waals surface area (Å²) in [4.78, 5) is 7.72. The second-order valence-corrected chi connectivity index (χ2v) is 5.67. The molecule has 0 spiro atoms. The first-order chi connectivity index (χ1) is 8.12. The molecule has 0 fully saturated rings. The lowest BCUT2D eigenvalue weighted by Crippen LogP contribution is -2.12. The van der Waals surface area contributed by atoms with E-state index in [9.17, 15) is 8.42 Å². The molecule has 0 aliphatic heterocycles. The Morgan fingerprint density at radius 2 is 2.00 bits per heavy atom. The molecule has 0 saturated carbocycles. The summed E-state index contributed by atoms with van der Waals surface area (Å²) in [6, 6.07) is 6.12. The number of hydrogen-bond donors (Lipinski definition) is 1. The predicted octanol–water partition coefficient (Wildman–Crippen LogP) is 2.28. The van der Waals surface area contributed by atoms with Crippen LogP contribution in [0.3, 0.4) is 0 Å². The number of sulfonamides is 1. The van der Waals surface area contributed by atoms with E-state index >= 15 is 0 Å². The van der Waals surface area contributed by atoms with E-state index in [1.807, 2.05) is 0 Å². The Kier molecular flexibility index (Phi) is 3.21. The Morgan fingerprint density at radius 3 is 2.53 bits per heavy atom. The quantitative estimate of drug-likeness (QED) is 0.864. The zero-order valence-electron chi connectivity index (χ0n) is 8.70. The summed E-state index contributed by atoms with van der Waals surface area (Å²) in [5.41, 5.74) is 0.623. The SMILES string of the molecule is C=Nc1ccc(S(=O)(=O)Nc2nccs2)cc1. The third kappa shape index (κ3) is 2.69. The maximum Gasteiger partial charge on any atom is 0.263 e. The molecule has 0 bridgehead atoms. The minimum absolute atomic E-state index is 0.167. The van der Waals surface area contributed by atoms with Crippen molar-refractivity contribution in [1.29, 1.82) is 0 Å². The Morgan fingerprint density at radius 1 is 1.29 bits per heavy atom. The van der Waals surface area contributed by atoms with Crippen molar-refractivity contribution >= 4 is 38.9 Å². The predicted molar refractivity (Wildman–Crippen MR) is 68.6 cm³/mol. The molecule has 0 unspecified atom stereocenters. The van der Waals surface area contributed by atoms with Gasteiger partial charge in [0.25, 0.3) is 10.0 Å². The van der Waals surface area contributed by atoms with Crippen molar-refractivity contribution in [2.45, 2.75) is 4.90 Å². The van der Waals surface area contributed by atoms with E-state index in [4.69, 9.17) is 0 Å². The summed E-state index contributed by atoms with van der Waals surface area (Å²) in [6.07, 6.45) is 1.53. The van der Waals surface area contributed by atoms with Gasteiger partial charge in [0.05, 0.1) is 10.6 Å². The number of benzene rings is 1. The smallest absolute Gasteiger partial charge is 0.263 e. The van der Waals surface area contributed by atoms with Crippen molar-refractivity contribution in [2.24, 2.45) is 4.99 Å². The Labute approximate surface area is 103 Å². The van der Waals surface area contributed by atoms with Gasteiger partial charge in [-0.05, 0) is 31.0 Å². The van der Waals surface area contributed by atoms with Gasteiger partial charge >= 0.3 is 0 Å². The first kappa shape index (κ1) is 11.7. The van der Waals surface area contributed by atoms with Crippen LogP contribution in [0.15, 0.2) is 45.7 Å². The molecule has 0 amide bonds. The minimum Gasteiger partial charge on any atom is -0.265 e. The Bertz CT molecular complexity index is 604. The summed E-state index contributed by atoms with van der Waals surface area (Å²) in [5.74, 6) is 0. The summed E-state index contributed by atoms with van der Waals surface area (Å²) >= 11 is 1.22. The van der Waals surface area contributed by atoms with Gasteiger partial charge in [0.1, 0.15) is 0 Å². The molecule has 0 atom stereocenters. The van der Waals surface area contributed by atoms with Crippen LogP contribution in [0.2, 0.25) is 0 Å². The molecule has 5 nitrogen and oxygen atoms in total. The van der Waals surface area contributed by atoms with Crippen LogP contribution < -0.4 is 4.72 Å². The topological polar surface area (TPSA) is 71.4 Å². The van der Waals surface area contributed by atoms with Gasteiger partial charge in [0.2, 0.25) is 0 Å². The van der Waals surface area contributed by atoms with Crippen LogP contribution >= 0.6 is 11.3 Å². The number of anilines is 1. The van der Waals surface area contributed by atoms with Gasteiger partial charge in [0, 0.05) is 11.6 Å². The highest BCUT2D eigenvalue weighted by molar-refractivity contribution is 7.93. The van der Waals surface area contributed by atoms with E-state index in [0.717, 1.165) is 0 Å². The van der Waals surface area contributed by atoms with Crippen molar-refractivity contribution in [2.75, 3.05) is 4.72 Å². The second kappa shape index (κ2) is 4.64. The van der Waals surface area contributed by atoms with Crippen LogP contribution in [0.1, 0.15) is 0 Å². The van der Waals surface area contributed by atoms with Crippen LogP contribution in [-0.2, 0) is 10.0 Å². The van der Waals surface area contributed by atoms with E-state index in [2.05, 4.69) is 21.4 Å². The van der Waals surface area contributed by atoms with Gasteiger partial charge in [-0.3, -0.25) is 9.71 Å². The van der Waals surface area contributed by atoms with Crippen molar-refractivity contribution in [1.82, 2.24) is 4.98 Å². The number of aromatic nitrogens is 1. The fourth-order valence-electron chi connectivity index (χ4n) is 1.18. The highest BCUT2D eigenvalue weighted by Gasteiger charge is 2.14. The molecule has 17 heavy (non-hydrogen) atoms. The van der Waals surface area contributed by atoms with E-state index in [0.29, 0.717) is 10.8 Å². The molecule has 1 heterocycles. The van der Waals surface area contributed by atoms with Gasteiger partial charge < -0.3 is 0 Å². The molecule has 1 aromatic heterocycles. The molecule has 0 saturated heterocycles. The van der Waals surface area contributed by atoms with Crippen molar-refractivity contribution < 1.29 is 8.42 Å². The Hall–Kier alpha value is -1.73. The molecule has 1 N–H and O–H groups in total. The van der Waals surface area contributed by atoms with Crippen molar-refractivity contribution in [3.05, 3.63) is 35.8 Å². The van der Waals surface area contributed by atoms with Crippen molar-refractivity contribution in [3.8, 4) is 0 Å². The zero-order valence-corrected chi connectivity index (χ0v) is 10.3. The standard InChI is InChI=1S/C10H9N3O2S2/c1-11-8-2-4-9(5-3-8)17(14,15)13-10-12-6-7-16-10/h2-7H,1H2,(H,12,13). The molecular formula is C10H9N3O2S2. The molecule has 2 rings (SSSR count). The third-order valence-corrected chi connectivity index (χ3v) is 4.16. The van der Waals surface area contributed by atoms with Gasteiger partial charge in [0.15, 0.2) is 5.13 Å². The van der Waals surface area contributed by atoms with Gasteiger partial charge in [-0.2, -0.15) is 0 Å². The lowest BCUT2D eigenvalue weighted by molar-refractivity contribution is 0.601. The van der Waals surface area contributed by atoms with Crippen molar-refractivity contribution in [3.63, 3.8) is 0 Å². The molecule has 88 valence electrons. The van der Waals surface area contributed by atoms with Gasteiger partial charge in [-0.1, -0.05) is 0 Å². The molecule has 7 heteroatoms. The maximum atomic E-state index is 11.9. The molecule has 0 radical (unpaired) electrons. The maximum absolute atomic E-state index is 11.9. The van der Waals surface area contributed by atoms with Crippen LogP contribution in [0.25, 0.3) is 0 Å². The lowest BCUT2D eigenvalue weighted by atomic mass is 10.3. The van der Waals surface area contributed by atoms with E-state index in [1.54, 1.807) is 17.5 Å². The minimum atomic E-state index is -3.57.